The molecule has 0 saturated carbocycles. The van der Waals surface area contributed by atoms with Crippen molar-refractivity contribution in [3.63, 3.8) is 0 Å². The molecule has 0 bridgehead atoms. The highest BCUT2D eigenvalue weighted by atomic mass is 32.2. The minimum Gasteiger partial charge on any atom is -0.378 e. The predicted molar refractivity (Wildman–Crippen MR) is 138 cm³/mol. The molecule has 0 unspecified atom stereocenters. The SMILES string of the molecule is CCCS(=O)(=O)Nc1ccc(F)c(C(=O)Nc2cnc3[nH]c(-c4ccc(N(C)C)cc4)cc3c2)c1F. The van der Waals surface area contributed by atoms with Crippen molar-refractivity contribution in [1.29, 1.82) is 0 Å². The number of amides is 1. The molecule has 8 nitrogen and oxygen atoms in total. The Hall–Kier alpha value is -3.99. The lowest BCUT2D eigenvalue weighted by atomic mass is 10.1. The van der Waals surface area contributed by atoms with Gasteiger partial charge in [0.2, 0.25) is 10.0 Å². The summed E-state index contributed by atoms with van der Waals surface area (Å²) in [7, 11) is 0.0767. The summed E-state index contributed by atoms with van der Waals surface area (Å²) in [5.74, 6) is -3.73. The molecule has 0 aliphatic carbocycles. The third-order valence-corrected chi connectivity index (χ3v) is 6.96. The molecule has 0 aliphatic heterocycles. The normalized spacial score (nSPS) is 11.5. The van der Waals surface area contributed by atoms with E-state index in [9.17, 15) is 22.0 Å². The second kappa shape index (κ2) is 9.94. The zero-order chi connectivity index (χ0) is 26.0. The summed E-state index contributed by atoms with van der Waals surface area (Å²) in [6.07, 6.45) is 1.67. The Morgan fingerprint density at radius 2 is 1.81 bits per heavy atom. The van der Waals surface area contributed by atoms with Gasteiger partial charge >= 0.3 is 0 Å². The number of benzene rings is 2. The highest BCUT2D eigenvalue weighted by Crippen LogP contribution is 2.28. The van der Waals surface area contributed by atoms with Crippen LogP contribution >= 0.6 is 0 Å². The number of carbonyl (C=O) groups excluding carboxylic acids is 1. The third kappa shape index (κ3) is 5.30. The minimum atomic E-state index is -3.83. The summed E-state index contributed by atoms with van der Waals surface area (Å²) < 4.78 is 55.4. The van der Waals surface area contributed by atoms with E-state index < -0.39 is 38.8 Å². The van der Waals surface area contributed by atoms with E-state index in [2.05, 4.69) is 20.0 Å². The Bertz CT molecular complexity index is 1530. The van der Waals surface area contributed by atoms with Crippen LogP contribution in [0, 0.1) is 11.6 Å². The molecule has 0 fully saturated rings. The maximum atomic E-state index is 14.9. The highest BCUT2D eigenvalue weighted by Gasteiger charge is 2.23. The lowest BCUT2D eigenvalue weighted by Gasteiger charge is -2.12. The van der Waals surface area contributed by atoms with E-state index in [1.807, 2.05) is 49.3 Å². The molecule has 0 aliphatic rings. The first-order valence-corrected chi connectivity index (χ1v) is 12.8. The number of carbonyl (C=O) groups is 1. The quantitative estimate of drug-likeness (QED) is 0.308. The maximum Gasteiger partial charge on any atom is 0.261 e. The number of nitrogens with one attached hydrogen (secondary N) is 3. The lowest BCUT2D eigenvalue weighted by molar-refractivity contribution is 0.101. The van der Waals surface area contributed by atoms with Crippen LogP contribution < -0.4 is 14.9 Å². The zero-order valence-corrected chi connectivity index (χ0v) is 20.7. The third-order valence-electron chi connectivity index (χ3n) is 5.48. The van der Waals surface area contributed by atoms with Crippen molar-refractivity contribution < 1.29 is 22.0 Å². The van der Waals surface area contributed by atoms with Crippen LogP contribution in [0.25, 0.3) is 22.3 Å². The molecule has 0 radical (unpaired) electrons. The summed E-state index contributed by atoms with van der Waals surface area (Å²) in [4.78, 5) is 22.2. The van der Waals surface area contributed by atoms with E-state index in [1.165, 1.54) is 6.20 Å². The minimum absolute atomic E-state index is 0.219. The van der Waals surface area contributed by atoms with Crippen molar-refractivity contribution in [2.75, 3.05) is 34.8 Å². The second-order valence-electron chi connectivity index (χ2n) is 8.45. The van der Waals surface area contributed by atoms with Gasteiger partial charge in [-0.25, -0.2) is 22.2 Å². The van der Waals surface area contributed by atoms with Gasteiger partial charge in [-0.3, -0.25) is 9.52 Å². The number of sulfonamides is 1. The summed E-state index contributed by atoms with van der Waals surface area (Å²) in [6.45, 7) is 1.65. The number of pyridine rings is 1. The smallest absolute Gasteiger partial charge is 0.261 e. The number of hydrogen-bond donors (Lipinski definition) is 3. The van der Waals surface area contributed by atoms with Crippen LogP contribution in [-0.4, -0.2) is 44.1 Å². The van der Waals surface area contributed by atoms with Gasteiger partial charge in [0.1, 0.15) is 17.0 Å². The molecule has 188 valence electrons. The molecule has 3 N–H and O–H groups in total. The molecule has 1 amide bonds. The number of H-pyrrole nitrogens is 1. The van der Waals surface area contributed by atoms with Crippen molar-refractivity contribution in [2.24, 2.45) is 0 Å². The number of rotatable bonds is 8. The largest absolute Gasteiger partial charge is 0.378 e. The Morgan fingerprint density at radius 3 is 2.47 bits per heavy atom. The van der Waals surface area contributed by atoms with E-state index in [1.54, 1.807) is 13.0 Å². The number of fused-ring (bicyclic) bond motifs is 1. The number of aromatic amines is 1. The van der Waals surface area contributed by atoms with Gasteiger partial charge in [0.05, 0.1) is 23.3 Å². The Morgan fingerprint density at radius 1 is 1.08 bits per heavy atom. The van der Waals surface area contributed by atoms with Crippen molar-refractivity contribution >= 4 is 44.0 Å². The molecular weight excluding hydrogens is 488 g/mol. The monoisotopic (exact) mass is 513 g/mol. The second-order valence-corrected chi connectivity index (χ2v) is 10.3. The first-order chi connectivity index (χ1) is 17.1. The number of anilines is 3. The van der Waals surface area contributed by atoms with Crippen LogP contribution in [0.1, 0.15) is 23.7 Å². The van der Waals surface area contributed by atoms with Gasteiger partial charge in [0.15, 0.2) is 5.82 Å². The summed E-state index contributed by atoms with van der Waals surface area (Å²) in [5.41, 5.74) is 2.20. The molecule has 0 atom stereocenters. The first-order valence-electron chi connectivity index (χ1n) is 11.1. The Balaban J connectivity index is 1.58. The average Bonchev–Trinajstić information content (AvgIpc) is 3.24. The van der Waals surface area contributed by atoms with E-state index in [0.717, 1.165) is 29.1 Å². The van der Waals surface area contributed by atoms with Crippen LogP contribution in [0.2, 0.25) is 0 Å². The fraction of sp³-hybridized carbons (Fsp3) is 0.200. The van der Waals surface area contributed by atoms with E-state index in [4.69, 9.17) is 0 Å². The average molecular weight is 514 g/mol. The van der Waals surface area contributed by atoms with Gasteiger partial charge in [-0.2, -0.15) is 0 Å². The van der Waals surface area contributed by atoms with Gasteiger partial charge in [-0.1, -0.05) is 19.1 Å². The molecular formula is C25H25F2N5O3S. The molecule has 0 spiro atoms. The molecule has 4 rings (SSSR count). The molecule has 36 heavy (non-hydrogen) atoms. The van der Waals surface area contributed by atoms with Crippen LogP contribution in [0.5, 0.6) is 0 Å². The fourth-order valence-electron chi connectivity index (χ4n) is 3.70. The van der Waals surface area contributed by atoms with Crippen molar-refractivity contribution in [2.45, 2.75) is 13.3 Å². The molecule has 4 aromatic rings. The van der Waals surface area contributed by atoms with Gasteiger partial charge in [-0.15, -0.1) is 0 Å². The van der Waals surface area contributed by atoms with Crippen LogP contribution in [0.3, 0.4) is 0 Å². The van der Waals surface area contributed by atoms with Gasteiger partial charge in [0, 0.05) is 30.9 Å². The topological polar surface area (TPSA) is 107 Å². The van der Waals surface area contributed by atoms with Gasteiger partial charge < -0.3 is 15.2 Å². The summed E-state index contributed by atoms with van der Waals surface area (Å²) in [5, 5.41) is 3.12. The van der Waals surface area contributed by atoms with Gasteiger partial charge in [-0.05, 0) is 48.4 Å². The van der Waals surface area contributed by atoms with Crippen molar-refractivity contribution in [1.82, 2.24) is 9.97 Å². The number of halogens is 2. The van der Waals surface area contributed by atoms with Gasteiger partial charge in [0.25, 0.3) is 5.91 Å². The molecule has 2 heterocycles. The van der Waals surface area contributed by atoms with Crippen molar-refractivity contribution in [3.05, 3.63) is 71.9 Å². The van der Waals surface area contributed by atoms with E-state index in [-0.39, 0.29) is 11.4 Å². The predicted octanol–water partition coefficient (Wildman–Crippen LogP) is 4.98. The van der Waals surface area contributed by atoms with E-state index in [0.29, 0.717) is 17.5 Å². The number of nitrogens with zero attached hydrogens (tertiary/aromatic N) is 2. The molecule has 2 aromatic heterocycles. The molecule has 0 saturated heterocycles. The van der Waals surface area contributed by atoms with Crippen LogP contribution in [-0.2, 0) is 10.0 Å². The Labute approximate surface area is 207 Å². The zero-order valence-electron chi connectivity index (χ0n) is 19.9. The lowest BCUT2D eigenvalue weighted by Crippen LogP contribution is -2.20. The summed E-state index contributed by atoms with van der Waals surface area (Å²) in [6, 6.07) is 13.2. The first kappa shape index (κ1) is 25.1. The maximum absolute atomic E-state index is 14.9. The van der Waals surface area contributed by atoms with Crippen LogP contribution in [0.15, 0.2) is 54.7 Å². The van der Waals surface area contributed by atoms with Crippen LogP contribution in [0.4, 0.5) is 25.8 Å². The van der Waals surface area contributed by atoms with E-state index >= 15 is 0 Å². The summed E-state index contributed by atoms with van der Waals surface area (Å²) >= 11 is 0. The van der Waals surface area contributed by atoms with Crippen molar-refractivity contribution in [3.8, 4) is 11.3 Å². The highest BCUT2D eigenvalue weighted by molar-refractivity contribution is 7.92. The number of hydrogen-bond acceptors (Lipinski definition) is 5. The molecule has 2 aromatic carbocycles. The number of aromatic nitrogens is 2. The Kier molecular flexibility index (Phi) is 6.93. The standard InChI is InChI=1S/C25H25F2N5O3S/c1-4-11-36(34,35)31-20-10-9-19(26)22(23(20)27)25(33)29-17-12-16-13-21(30-24(16)28-14-17)15-5-7-18(8-6-15)32(2)3/h5-10,12-14,31H,4,11H2,1-3H3,(H,28,30)(H,29,33). The molecule has 11 heteroatoms. The fourth-order valence-corrected chi connectivity index (χ4v) is 4.83.